The minimum absolute atomic E-state index is 0.146. The van der Waals surface area contributed by atoms with Crippen LogP contribution in [-0.4, -0.2) is 44.0 Å². The van der Waals surface area contributed by atoms with Gasteiger partial charge in [-0.2, -0.15) is 0 Å². The molecule has 1 aromatic rings. The molecule has 0 atom stereocenters. The lowest BCUT2D eigenvalue weighted by Crippen LogP contribution is -2.47. The van der Waals surface area contributed by atoms with Gasteiger partial charge in [0.15, 0.2) is 0 Å². The van der Waals surface area contributed by atoms with Crippen molar-refractivity contribution in [3.05, 3.63) is 11.9 Å². The molecule has 0 spiro atoms. The first-order valence-electron chi connectivity index (χ1n) is 9.24. The summed E-state index contributed by atoms with van der Waals surface area (Å²) in [4.78, 5) is 15.0. The van der Waals surface area contributed by atoms with Gasteiger partial charge in [-0.05, 0) is 39.5 Å². The fourth-order valence-electron chi connectivity index (χ4n) is 4.00. The highest BCUT2D eigenvalue weighted by atomic mass is 16.3. The van der Waals surface area contributed by atoms with Crippen LogP contribution in [0.15, 0.2) is 6.20 Å². The summed E-state index contributed by atoms with van der Waals surface area (Å²) >= 11 is 0. The number of likely N-dealkylation sites (tertiary alicyclic amines) is 1. The molecule has 2 aliphatic rings. The Balaban J connectivity index is 1.59. The van der Waals surface area contributed by atoms with E-state index in [0.717, 1.165) is 38.8 Å². The number of carbonyl (C=O) groups excluding carboxylic acids is 1. The second-order valence-electron chi connectivity index (χ2n) is 8.29. The molecule has 2 fully saturated rings. The number of amides is 1. The zero-order chi connectivity index (χ0) is 17.4. The molecule has 1 aliphatic carbocycles. The zero-order valence-electron chi connectivity index (χ0n) is 15.2. The molecule has 1 aliphatic heterocycles. The maximum Gasteiger partial charge on any atom is 0.228 e. The quantitative estimate of drug-likeness (QED) is 0.922. The Morgan fingerprint density at radius 2 is 1.88 bits per heavy atom. The van der Waals surface area contributed by atoms with Gasteiger partial charge in [-0.25, -0.2) is 4.68 Å². The predicted octanol–water partition coefficient (Wildman–Crippen LogP) is 2.64. The Labute approximate surface area is 144 Å². The normalized spacial score (nSPS) is 22.6. The number of piperidine rings is 1. The van der Waals surface area contributed by atoms with Gasteiger partial charge in [0.1, 0.15) is 11.3 Å². The monoisotopic (exact) mass is 334 g/mol. The number of carbonyl (C=O) groups is 1. The van der Waals surface area contributed by atoms with E-state index >= 15 is 0 Å². The second kappa shape index (κ2) is 6.47. The van der Waals surface area contributed by atoms with Gasteiger partial charge in [0.2, 0.25) is 5.91 Å². The number of nitrogens with zero attached hydrogens (tertiary/aromatic N) is 4. The molecule has 0 bridgehead atoms. The van der Waals surface area contributed by atoms with Gasteiger partial charge >= 0.3 is 0 Å². The zero-order valence-corrected chi connectivity index (χ0v) is 15.2. The lowest BCUT2D eigenvalue weighted by atomic mass is 9.74. The van der Waals surface area contributed by atoms with Crippen LogP contribution < -0.4 is 0 Å². The van der Waals surface area contributed by atoms with Gasteiger partial charge in [-0.3, -0.25) is 4.79 Å². The van der Waals surface area contributed by atoms with Crippen LogP contribution in [0, 0.1) is 5.41 Å². The van der Waals surface area contributed by atoms with Gasteiger partial charge in [0.25, 0.3) is 0 Å². The van der Waals surface area contributed by atoms with Gasteiger partial charge in [-0.1, -0.05) is 31.4 Å². The van der Waals surface area contributed by atoms with Crippen molar-refractivity contribution in [1.29, 1.82) is 0 Å². The molecule has 1 aromatic heterocycles. The second-order valence-corrected chi connectivity index (χ2v) is 8.29. The molecule has 1 N–H and O–H groups in total. The molecule has 0 aromatic carbocycles. The largest absolute Gasteiger partial charge is 0.384 e. The van der Waals surface area contributed by atoms with Crippen molar-refractivity contribution in [3.63, 3.8) is 0 Å². The maximum absolute atomic E-state index is 12.9. The van der Waals surface area contributed by atoms with E-state index in [1.54, 1.807) is 13.8 Å². The van der Waals surface area contributed by atoms with E-state index in [2.05, 4.69) is 22.1 Å². The van der Waals surface area contributed by atoms with E-state index in [1.165, 1.54) is 19.3 Å². The summed E-state index contributed by atoms with van der Waals surface area (Å²) in [5.41, 5.74) is -0.521. The molecule has 1 saturated heterocycles. The lowest BCUT2D eigenvalue weighted by Gasteiger charge is -2.40. The molecular formula is C18H30N4O2. The summed E-state index contributed by atoms with van der Waals surface area (Å²) in [6, 6.07) is 0.261. The average Bonchev–Trinajstić information content (AvgIpc) is 3.05. The SMILES string of the molecule is CC1(C(=O)N2CCC(n3cc(C(C)(C)O)nn3)CC2)CCCCC1. The first-order valence-corrected chi connectivity index (χ1v) is 9.24. The van der Waals surface area contributed by atoms with Crippen molar-refractivity contribution in [2.75, 3.05) is 13.1 Å². The van der Waals surface area contributed by atoms with Crippen LogP contribution in [0.2, 0.25) is 0 Å². The topological polar surface area (TPSA) is 71.2 Å². The first kappa shape index (κ1) is 17.4. The van der Waals surface area contributed by atoms with Crippen molar-refractivity contribution in [2.45, 2.75) is 77.4 Å². The fraction of sp³-hybridized carbons (Fsp3) is 0.833. The molecule has 1 saturated carbocycles. The van der Waals surface area contributed by atoms with Gasteiger partial charge < -0.3 is 10.0 Å². The predicted molar refractivity (Wildman–Crippen MR) is 91.3 cm³/mol. The lowest BCUT2D eigenvalue weighted by molar-refractivity contribution is -0.144. The molecule has 3 rings (SSSR count). The smallest absolute Gasteiger partial charge is 0.228 e. The Bertz CT molecular complexity index is 576. The highest BCUT2D eigenvalue weighted by Gasteiger charge is 2.39. The van der Waals surface area contributed by atoms with Crippen LogP contribution in [0.5, 0.6) is 0 Å². The highest BCUT2D eigenvalue weighted by molar-refractivity contribution is 5.82. The molecule has 0 radical (unpaired) electrons. The van der Waals surface area contributed by atoms with E-state index in [1.807, 2.05) is 10.9 Å². The molecule has 6 heteroatoms. The van der Waals surface area contributed by atoms with E-state index in [9.17, 15) is 9.90 Å². The minimum Gasteiger partial charge on any atom is -0.384 e. The first-order chi connectivity index (χ1) is 11.3. The van der Waals surface area contributed by atoms with Crippen LogP contribution in [0.3, 0.4) is 0 Å². The number of aliphatic hydroxyl groups is 1. The van der Waals surface area contributed by atoms with E-state index < -0.39 is 5.60 Å². The summed E-state index contributed by atoms with van der Waals surface area (Å²) in [6.07, 6.45) is 9.32. The van der Waals surface area contributed by atoms with Gasteiger partial charge in [0, 0.05) is 18.5 Å². The van der Waals surface area contributed by atoms with Crippen LogP contribution >= 0.6 is 0 Å². The fourth-order valence-corrected chi connectivity index (χ4v) is 4.00. The molecular weight excluding hydrogens is 304 g/mol. The van der Waals surface area contributed by atoms with Crippen LogP contribution in [0.1, 0.15) is 77.5 Å². The summed E-state index contributed by atoms with van der Waals surface area (Å²) in [5, 5.41) is 18.3. The van der Waals surface area contributed by atoms with Crippen molar-refractivity contribution in [2.24, 2.45) is 5.41 Å². The van der Waals surface area contributed by atoms with Crippen molar-refractivity contribution < 1.29 is 9.90 Å². The third-order valence-electron chi connectivity index (χ3n) is 5.74. The standard InChI is InChI=1S/C18H30N4O2/c1-17(2,24)15-13-22(20-19-15)14-7-11-21(12-8-14)16(23)18(3)9-5-4-6-10-18/h13-14,24H,4-12H2,1-3H3. The molecule has 1 amide bonds. The number of rotatable bonds is 3. The molecule has 24 heavy (non-hydrogen) atoms. The molecule has 134 valence electrons. The Morgan fingerprint density at radius 1 is 1.25 bits per heavy atom. The molecule has 0 unspecified atom stereocenters. The average molecular weight is 334 g/mol. The summed E-state index contributed by atoms with van der Waals surface area (Å²) < 4.78 is 1.86. The Kier molecular flexibility index (Phi) is 4.69. The Morgan fingerprint density at radius 3 is 2.42 bits per heavy atom. The van der Waals surface area contributed by atoms with Gasteiger partial charge in [0.05, 0.1) is 12.2 Å². The van der Waals surface area contributed by atoms with E-state index in [-0.39, 0.29) is 11.5 Å². The maximum atomic E-state index is 12.9. The number of aromatic nitrogens is 3. The van der Waals surface area contributed by atoms with Crippen molar-refractivity contribution in [3.8, 4) is 0 Å². The Hall–Kier alpha value is -1.43. The van der Waals surface area contributed by atoms with E-state index in [0.29, 0.717) is 11.6 Å². The third-order valence-corrected chi connectivity index (χ3v) is 5.74. The third kappa shape index (κ3) is 3.48. The van der Waals surface area contributed by atoms with Crippen LogP contribution in [0.25, 0.3) is 0 Å². The number of hydrogen-bond acceptors (Lipinski definition) is 4. The van der Waals surface area contributed by atoms with Crippen molar-refractivity contribution in [1.82, 2.24) is 19.9 Å². The minimum atomic E-state index is -0.968. The highest BCUT2D eigenvalue weighted by Crippen LogP contribution is 2.38. The van der Waals surface area contributed by atoms with Crippen LogP contribution in [0.4, 0.5) is 0 Å². The summed E-state index contributed by atoms with van der Waals surface area (Å²) in [7, 11) is 0. The molecule has 2 heterocycles. The number of hydrogen-bond donors (Lipinski definition) is 1. The van der Waals surface area contributed by atoms with E-state index in [4.69, 9.17) is 0 Å². The summed E-state index contributed by atoms with van der Waals surface area (Å²) in [5.74, 6) is 0.344. The van der Waals surface area contributed by atoms with Crippen LogP contribution in [-0.2, 0) is 10.4 Å². The molecule has 6 nitrogen and oxygen atoms in total. The van der Waals surface area contributed by atoms with Crippen molar-refractivity contribution >= 4 is 5.91 Å². The summed E-state index contributed by atoms with van der Waals surface area (Å²) in [6.45, 7) is 7.15. The van der Waals surface area contributed by atoms with Gasteiger partial charge in [-0.15, -0.1) is 5.10 Å².